The highest BCUT2D eigenvalue weighted by Gasteiger charge is 2.36. The molecule has 1 aromatic carbocycles. The number of benzene rings is 1. The Morgan fingerprint density at radius 2 is 1.90 bits per heavy atom. The Morgan fingerprint density at radius 3 is 2.53 bits per heavy atom. The third kappa shape index (κ3) is 3.55. The second-order valence-corrected chi connectivity index (χ2v) is 8.18. The van der Waals surface area contributed by atoms with Gasteiger partial charge in [0.05, 0.1) is 11.7 Å². The SMILES string of the molecule is Cc1nc(NC2CN(C(=O)c3ccc(F)cc3)C2)nc2c1NC(=O)[C@H](C(C)C)N2C. The number of carbonyl (C=O) groups is 2. The maximum absolute atomic E-state index is 13.0. The lowest BCUT2D eigenvalue weighted by molar-refractivity contribution is -0.118. The molecule has 9 heteroatoms. The van der Waals surface area contributed by atoms with E-state index in [1.807, 2.05) is 32.7 Å². The summed E-state index contributed by atoms with van der Waals surface area (Å²) in [5.41, 5.74) is 1.78. The number of amides is 2. The molecule has 0 saturated carbocycles. The minimum absolute atomic E-state index is 0.0243. The summed E-state index contributed by atoms with van der Waals surface area (Å²) in [6, 6.07) is 5.27. The monoisotopic (exact) mass is 412 g/mol. The zero-order chi connectivity index (χ0) is 21.6. The van der Waals surface area contributed by atoms with Gasteiger partial charge in [-0.2, -0.15) is 4.98 Å². The van der Waals surface area contributed by atoms with Gasteiger partial charge in [0.2, 0.25) is 11.9 Å². The van der Waals surface area contributed by atoms with Crippen molar-refractivity contribution < 1.29 is 14.0 Å². The lowest BCUT2D eigenvalue weighted by atomic mass is 9.99. The molecule has 0 aliphatic carbocycles. The molecular formula is C21H25FN6O2. The molecule has 3 heterocycles. The van der Waals surface area contributed by atoms with Gasteiger partial charge in [0, 0.05) is 25.7 Å². The van der Waals surface area contributed by atoms with Crippen LogP contribution in [0.3, 0.4) is 0 Å². The summed E-state index contributed by atoms with van der Waals surface area (Å²) in [5.74, 6) is 0.736. The molecule has 4 rings (SSSR count). The number of carbonyl (C=O) groups excluding carboxylic acids is 2. The maximum atomic E-state index is 13.0. The van der Waals surface area contributed by atoms with Crippen LogP contribution in [0.15, 0.2) is 24.3 Å². The number of aromatic nitrogens is 2. The molecule has 1 fully saturated rings. The van der Waals surface area contributed by atoms with E-state index in [0.29, 0.717) is 41.8 Å². The Kier molecular flexibility index (Phi) is 5.05. The molecule has 0 bridgehead atoms. The molecular weight excluding hydrogens is 387 g/mol. The van der Waals surface area contributed by atoms with Crippen LogP contribution in [-0.4, -0.2) is 58.9 Å². The topological polar surface area (TPSA) is 90.5 Å². The lowest BCUT2D eigenvalue weighted by Crippen LogP contribution is -2.57. The van der Waals surface area contributed by atoms with Gasteiger partial charge in [-0.15, -0.1) is 0 Å². The second-order valence-electron chi connectivity index (χ2n) is 8.18. The predicted octanol–water partition coefficient (Wildman–Crippen LogP) is 2.27. The summed E-state index contributed by atoms with van der Waals surface area (Å²) < 4.78 is 13.0. The average molecular weight is 412 g/mol. The normalized spacial score (nSPS) is 18.7. The van der Waals surface area contributed by atoms with Gasteiger partial charge in [-0.25, -0.2) is 9.37 Å². The fraction of sp³-hybridized carbons (Fsp3) is 0.429. The van der Waals surface area contributed by atoms with Crippen molar-refractivity contribution in [3.63, 3.8) is 0 Å². The summed E-state index contributed by atoms with van der Waals surface area (Å²) in [6.45, 7) is 6.86. The molecule has 2 aliphatic heterocycles. The fourth-order valence-electron chi connectivity index (χ4n) is 3.97. The Hall–Kier alpha value is -3.23. The van der Waals surface area contributed by atoms with Gasteiger partial charge in [-0.3, -0.25) is 9.59 Å². The minimum Gasteiger partial charge on any atom is -0.348 e. The van der Waals surface area contributed by atoms with Crippen molar-refractivity contribution in [2.75, 3.05) is 35.7 Å². The van der Waals surface area contributed by atoms with E-state index in [2.05, 4.69) is 20.6 Å². The molecule has 2 N–H and O–H groups in total. The number of hydrogen-bond donors (Lipinski definition) is 2. The van der Waals surface area contributed by atoms with E-state index in [1.165, 1.54) is 24.3 Å². The number of fused-ring (bicyclic) bond motifs is 1. The number of hydrogen-bond acceptors (Lipinski definition) is 6. The van der Waals surface area contributed by atoms with E-state index < -0.39 is 0 Å². The van der Waals surface area contributed by atoms with Crippen molar-refractivity contribution in [3.05, 3.63) is 41.3 Å². The summed E-state index contributed by atoms with van der Waals surface area (Å²) in [7, 11) is 1.87. The zero-order valence-electron chi connectivity index (χ0n) is 17.4. The van der Waals surface area contributed by atoms with Gasteiger partial charge in [-0.05, 0) is 37.1 Å². The first-order valence-electron chi connectivity index (χ1n) is 9.98. The number of nitrogens with zero attached hydrogens (tertiary/aromatic N) is 4. The highest BCUT2D eigenvalue weighted by Crippen LogP contribution is 2.34. The van der Waals surface area contributed by atoms with Crippen molar-refractivity contribution in [1.29, 1.82) is 0 Å². The van der Waals surface area contributed by atoms with Crippen LogP contribution in [0.4, 0.5) is 21.8 Å². The van der Waals surface area contributed by atoms with Crippen molar-refractivity contribution in [2.24, 2.45) is 5.92 Å². The number of nitrogens with one attached hydrogen (secondary N) is 2. The number of rotatable bonds is 4. The molecule has 0 radical (unpaired) electrons. The molecule has 0 unspecified atom stereocenters. The quantitative estimate of drug-likeness (QED) is 0.801. The van der Waals surface area contributed by atoms with E-state index in [9.17, 15) is 14.0 Å². The van der Waals surface area contributed by atoms with E-state index in [4.69, 9.17) is 0 Å². The van der Waals surface area contributed by atoms with Crippen molar-refractivity contribution in [2.45, 2.75) is 32.9 Å². The van der Waals surface area contributed by atoms with Crippen LogP contribution in [-0.2, 0) is 4.79 Å². The Balaban J connectivity index is 1.44. The fourth-order valence-corrected chi connectivity index (χ4v) is 3.97. The molecule has 2 aromatic rings. The highest BCUT2D eigenvalue weighted by molar-refractivity contribution is 6.03. The Bertz CT molecular complexity index is 988. The first-order chi connectivity index (χ1) is 14.2. The van der Waals surface area contributed by atoms with Crippen molar-refractivity contribution in [1.82, 2.24) is 14.9 Å². The van der Waals surface area contributed by atoms with Gasteiger partial charge in [0.25, 0.3) is 5.91 Å². The van der Waals surface area contributed by atoms with Crippen LogP contribution in [0.5, 0.6) is 0 Å². The van der Waals surface area contributed by atoms with Crippen LogP contribution >= 0.6 is 0 Å². The number of anilines is 3. The molecule has 158 valence electrons. The molecule has 1 aromatic heterocycles. The molecule has 1 saturated heterocycles. The smallest absolute Gasteiger partial charge is 0.253 e. The average Bonchev–Trinajstić information content (AvgIpc) is 2.65. The first-order valence-corrected chi connectivity index (χ1v) is 9.98. The third-order valence-electron chi connectivity index (χ3n) is 5.56. The van der Waals surface area contributed by atoms with Gasteiger partial charge in [0.1, 0.15) is 17.5 Å². The predicted molar refractivity (Wildman–Crippen MR) is 112 cm³/mol. The standard InChI is InChI=1S/C21H25FN6O2/c1-11(2)17-19(29)25-16-12(3)23-21(26-18(16)27(17)4)24-15-9-28(10-15)20(30)13-5-7-14(22)8-6-13/h5-8,11,15,17H,9-10H2,1-4H3,(H,25,29)(H,23,24,26)/t17-/m0/s1. The first kappa shape index (κ1) is 20.1. The van der Waals surface area contributed by atoms with E-state index in [1.54, 1.807) is 4.90 Å². The van der Waals surface area contributed by atoms with Crippen LogP contribution in [0.2, 0.25) is 0 Å². The summed E-state index contributed by atoms with van der Waals surface area (Å²) in [6.07, 6.45) is 0. The Labute approximate surface area is 174 Å². The molecule has 0 spiro atoms. The van der Waals surface area contributed by atoms with Gasteiger partial charge >= 0.3 is 0 Å². The summed E-state index contributed by atoms with van der Waals surface area (Å²) in [5, 5.41) is 6.20. The van der Waals surface area contributed by atoms with Crippen LogP contribution < -0.4 is 15.5 Å². The van der Waals surface area contributed by atoms with E-state index in [-0.39, 0.29) is 35.6 Å². The van der Waals surface area contributed by atoms with E-state index in [0.717, 1.165) is 0 Å². The lowest BCUT2D eigenvalue weighted by Gasteiger charge is -2.40. The second kappa shape index (κ2) is 7.55. The van der Waals surface area contributed by atoms with Crippen LogP contribution in [0.25, 0.3) is 0 Å². The molecule has 8 nitrogen and oxygen atoms in total. The summed E-state index contributed by atoms with van der Waals surface area (Å²) in [4.78, 5) is 37.6. The molecule has 2 amide bonds. The highest BCUT2D eigenvalue weighted by atomic mass is 19.1. The largest absolute Gasteiger partial charge is 0.348 e. The van der Waals surface area contributed by atoms with Crippen molar-refractivity contribution >= 4 is 29.3 Å². The summed E-state index contributed by atoms with van der Waals surface area (Å²) >= 11 is 0. The molecule has 1 atom stereocenters. The molecule has 30 heavy (non-hydrogen) atoms. The third-order valence-corrected chi connectivity index (χ3v) is 5.56. The van der Waals surface area contributed by atoms with Crippen LogP contribution in [0.1, 0.15) is 29.9 Å². The van der Waals surface area contributed by atoms with Gasteiger partial charge in [0.15, 0.2) is 5.82 Å². The number of likely N-dealkylation sites (tertiary alicyclic amines) is 1. The zero-order valence-corrected chi connectivity index (χ0v) is 17.4. The van der Waals surface area contributed by atoms with Gasteiger partial charge in [-0.1, -0.05) is 13.8 Å². The van der Waals surface area contributed by atoms with Gasteiger partial charge < -0.3 is 20.4 Å². The molecule has 2 aliphatic rings. The van der Waals surface area contributed by atoms with Crippen molar-refractivity contribution in [3.8, 4) is 0 Å². The number of likely N-dealkylation sites (N-methyl/N-ethyl adjacent to an activating group) is 1. The number of aryl methyl sites for hydroxylation is 1. The maximum Gasteiger partial charge on any atom is 0.253 e. The number of halogens is 1. The van der Waals surface area contributed by atoms with E-state index >= 15 is 0 Å². The minimum atomic E-state index is -0.365. The Morgan fingerprint density at radius 1 is 1.23 bits per heavy atom. The van der Waals surface area contributed by atoms with Crippen LogP contribution in [0, 0.1) is 18.7 Å².